The fourth-order valence-electron chi connectivity index (χ4n) is 8.33. The van der Waals surface area contributed by atoms with Crippen molar-refractivity contribution in [3.63, 3.8) is 0 Å². The fraction of sp³-hybridized carbons (Fsp3) is 0.400. The van der Waals surface area contributed by atoms with Crippen LogP contribution in [0, 0.1) is 19.8 Å². The summed E-state index contributed by atoms with van der Waals surface area (Å²) in [6, 6.07) is 30.0. The highest BCUT2D eigenvalue weighted by Gasteiger charge is 2.58. The van der Waals surface area contributed by atoms with E-state index in [1.54, 1.807) is 0 Å². The van der Waals surface area contributed by atoms with Gasteiger partial charge >= 0.3 is 0 Å². The molecule has 0 amide bonds. The summed E-state index contributed by atoms with van der Waals surface area (Å²) in [6.45, 7) is 4.70. The zero-order valence-corrected chi connectivity index (χ0v) is 22.4. The number of aryl methyl sites for hydroxylation is 1. The van der Waals surface area contributed by atoms with E-state index in [0.29, 0.717) is 11.8 Å². The summed E-state index contributed by atoms with van der Waals surface area (Å²) in [5.41, 5.74) is 10.0. The lowest BCUT2D eigenvalue weighted by Gasteiger charge is -2.39. The van der Waals surface area contributed by atoms with Crippen LogP contribution in [0.4, 0.5) is 0 Å². The van der Waals surface area contributed by atoms with E-state index in [-0.39, 0.29) is 5.41 Å². The second-order valence-corrected chi connectivity index (χ2v) is 11.8. The Balaban J connectivity index is 1.63. The van der Waals surface area contributed by atoms with Gasteiger partial charge in [-0.1, -0.05) is 98.8 Å². The third-order valence-electron chi connectivity index (χ3n) is 9.83. The summed E-state index contributed by atoms with van der Waals surface area (Å²) >= 11 is 0. The molecular formula is C35H39N2+. The van der Waals surface area contributed by atoms with Gasteiger partial charge in [0, 0.05) is 12.5 Å². The maximum Gasteiger partial charge on any atom is 0.270 e. The molecule has 0 radical (unpaired) electrons. The molecule has 188 valence electrons. The SMILES string of the molecule is Cc1ccccc1-n1c(C)c2[n+](c1C1CCCC1)-c1ccccc1C2(c1ccccc1)C1CCCCC1. The zero-order valence-electron chi connectivity index (χ0n) is 22.4. The van der Waals surface area contributed by atoms with Crippen molar-refractivity contribution in [1.29, 1.82) is 0 Å². The predicted molar refractivity (Wildman–Crippen MR) is 151 cm³/mol. The van der Waals surface area contributed by atoms with Crippen molar-refractivity contribution < 1.29 is 4.57 Å². The number of aromatic nitrogens is 2. The predicted octanol–water partition coefficient (Wildman–Crippen LogP) is 8.26. The molecule has 0 saturated heterocycles. The van der Waals surface area contributed by atoms with E-state index in [0.717, 1.165) is 0 Å². The van der Waals surface area contributed by atoms with Gasteiger partial charge < -0.3 is 0 Å². The summed E-state index contributed by atoms with van der Waals surface area (Å²) in [5, 5.41) is 0. The van der Waals surface area contributed by atoms with Gasteiger partial charge in [0.2, 0.25) is 0 Å². The van der Waals surface area contributed by atoms with Gasteiger partial charge in [0.1, 0.15) is 11.4 Å². The molecule has 2 heteroatoms. The molecule has 2 nitrogen and oxygen atoms in total. The Kier molecular flexibility index (Phi) is 5.61. The normalized spacial score (nSPS) is 21.8. The molecule has 1 aromatic heterocycles. The van der Waals surface area contributed by atoms with Crippen LogP contribution in [-0.2, 0) is 5.41 Å². The van der Waals surface area contributed by atoms with Crippen LogP contribution < -0.4 is 4.57 Å². The van der Waals surface area contributed by atoms with Crippen molar-refractivity contribution in [2.45, 2.75) is 83.0 Å². The Bertz CT molecular complexity index is 1430. The third kappa shape index (κ3) is 3.27. The van der Waals surface area contributed by atoms with Crippen LogP contribution >= 0.6 is 0 Å². The van der Waals surface area contributed by atoms with Crippen LogP contribution in [0.3, 0.4) is 0 Å². The highest BCUT2D eigenvalue weighted by atomic mass is 15.2. The minimum absolute atomic E-state index is 0.107. The number of hydrogen-bond acceptors (Lipinski definition) is 0. The highest BCUT2D eigenvalue weighted by Crippen LogP contribution is 2.55. The molecule has 2 aliphatic carbocycles. The first-order chi connectivity index (χ1) is 18.2. The van der Waals surface area contributed by atoms with E-state index >= 15 is 0 Å². The Morgan fingerprint density at radius 1 is 0.703 bits per heavy atom. The molecule has 4 aromatic rings. The van der Waals surface area contributed by atoms with Crippen LogP contribution in [0.5, 0.6) is 0 Å². The van der Waals surface area contributed by atoms with Crippen molar-refractivity contribution in [3.8, 4) is 11.4 Å². The third-order valence-corrected chi connectivity index (χ3v) is 9.83. The maximum atomic E-state index is 2.76. The number of imidazole rings is 1. The summed E-state index contributed by atoms with van der Waals surface area (Å²) in [6.07, 6.45) is 11.9. The standard InChI is InChI=1S/C35H39N2/c1-25-15-9-13-23-31(25)36-26(2)33-35(28-18-5-3-6-19-28,29-20-7-4-8-21-29)30-22-12-14-24-32(30)37(33)34(36)27-16-10-11-17-27/h3,5-6,9,12-15,18-19,22-24,27,29H,4,7-8,10-11,16-17,20-21H2,1-2H3/q+1. The molecule has 2 saturated carbocycles. The van der Waals surface area contributed by atoms with E-state index in [1.807, 2.05) is 0 Å². The first-order valence-corrected chi connectivity index (χ1v) is 14.6. The smallest absolute Gasteiger partial charge is 0.196 e. The van der Waals surface area contributed by atoms with Gasteiger partial charge in [0.05, 0.1) is 11.3 Å². The van der Waals surface area contributed by atoms with Crippen LogP contribution in [0.1, 0.15) is 97.6 Å². The topological polar surface area (TPSA) is 8.81 Å². The van der Waals surface area contributed by atoms with Crippen molar-refractivity contribution in [2.24, 2.45) is 5.92 Å². The van der Waals surface area contributed by atoms with Crippen LogP contribution in [0.15, 0.2) is 78.9 Å². The molecule has 0 spiro atoms. The summed E-state index contributed by atoms with van der Waals surface area (Å²) in [5.74, 6) is 2.72. The van der Waals surface area contributed by atoms with E-state index < -0.39 is 0 Å². The lowest BCUT2D eigenvalue weighted by molar-refractivity contribution is -0.609. The number of nitrogens with zero attached hydrogens (tertiary/aromatic N) is 2. The van der Waals surface area contributed by atoms with E-state index in [1.165, 1.54) is 103 Å². The van der Waals surface area contributed by atoms with E-state index in [2.05, 4.69) is 102 Å². The molecule has 0 N–H and O–H groups in total. The molecular weight excluding hydrogens is 448 g/mol. The first-order valence-electron chi connectivity index (χ1n) is 14.6. The van der Waals surface area contributed by atoms with Gasteiger partial charge in [-0.3, -0.25) is 0 Å². The van der Waals surface area contributed by atoms with Crippen molar-refractivity contribution in [2.75, 3.05) is 0 Å². The van der Waals surface area contributed by atoms with Gasteiger partial charge in [-0.05, 0) is 61.8 Å². The van der Waals surface area contributed by atoms with Gasteiger partial charge in [0.15, 0.2) is 11.4 Å². The summed E-state index contributed by atoms with van der Waals surface area (Å²) in [4.78, 5) is 0. The molecule has 37 heavy (non-hydrogen) atoms. The number of para-hydroxylation sites is 2. The molecule has 3 aliphatic rings. The largest absolute Gasteiger partial charge is 0.270 e. The highest BCUT2D eigenvalue weighted by molar-refractivity contribution is 5.60. The molecule has 2 heterocycles. The Labute approximate surface area is 222 Å². The molecule has 1 atom stereocenters. The molecule has 0 bridgehead atoms. The van der Waals surface area contributed by atoms with Gasteiger partial charge in [-0.25, -0.2) is 0 Å². The average Bonchev–Trinajstić information content (AvgIpc) is 3.65. The zero-order chi connectivity index (χ0) is 25.0. The number of hydrogen-bond donors (Lipinski definition) is 0. The van der Waals surface area contributed by atoms with Crippen LogP contribution in [0.25, 0.3) is 11.4 Å². The minimum atomic E-state index is -0.107. The second kappa shape index (κ2) is 9.01. The lowest BCUT2D eigenvalue weighted by atomic mass is 9.60. The number of fused-ring (bicyclic) bond motifs is 3. The van der Waals surface area contributed by atoms with Gasteiger partial charge in [-0.2, -0.15) is 9.13 Å². The Morgan fingerprint density at radius 2 is 1.35 bits per heavy atom. The van der Waals surface area contributed by atoms with E-state index in [4.69, 9.17) is 0 Å². The summed E-state index contributed by atoms with van der Waals surface area (Å²) in [7, 11) is 0. The second-order valence-electron chi connectivity index (χ2n) is 11.8. The quantitative estimate of drug-likeness (QED) is 0.256. The molecule has 7 rings (SSSR count). The van der Waals surface area contributed by atoms with Crippen molar-refractivity contribution in [3.05, 3.63) is 113 Å². The molecule has 1 unspecified atom stereocenters. The van der Waals surface area contributed by atoms with Gasteiger partial charge in [0.25, 0.3) is 5.82 Å². The Morgan fingerprint density at radius 3 is 2.11 bits per heavy atom. The lowest BCUT2D eigenvalue weighted by Crippen LogP contribution is -2.43. The van der Waals surface area contributed by atoms with E-state index in [9.17, 15) is 0 Å². The molecule has 2 fully saturated rings. The fourth-order valence-corrected chi connectivity index (χ4v) is 8.33. The van der Waals surface area contributed by atoms with Crippen LogP contribution in [-0.4, -0.2) is 4.57 Å². The average molecular weight is 488 g/mol. The number of rotatable bonds is 4. The Hall–Kier alpha value is -3.13. The van der Waals surface area contributed by atoms with Crippen molar-refractivity contribution in [1.82, 2.24) is 4.57 Å². The maximum absolute atomic E-state index is 2.76. The van der Waals surface area contributed by atoms with Crippen molar-refractivity contribution >= 4 is 0 Å². The number of benzene rings is 3. The molecule has 3 aromatic carbocycles. The molecule has 1 aliphatic heterocycles. The summed E-state index contributed by atoms with van der Waals surface area (Å²) < 4.78 is 5.44. The van der Waals surface area contributed by atoms with Crippen LogP contribution in [0.2, 0.25) is 0 Å². The first kappa shape index (κ1) is 23.0. The minimum Gasteiger partial charge on any atom is -0.196 e. The van der Waals surface area contributed by atoms with Gasteiger partial charge in [-0.15, -0.1) is 0 Å². The monoisotopic (exact) mass is 487 g/mol.